The van der Waals surface area contributed by atoms with Crippen molar-refractivity contribution in [3.05, 3.63) is 40.5 Å². The number of hydrogen-bond acceptors (Lipinski definition) is 4. The van der Waals surface area contributed by atoms with E-state index in [4.69, 9.17) is 22.4 Å². The summed E-state index contributed by atoms with van der Waals surface area (Å²) < 4.78 is 1.90. The summed E-state index contributed by atoms with van der Waals surface area (Å²) in [7, 11) is 0. The molecular weight excluding hydrogens is 316 g/mol. The van der Waals surface area contributed by atoms with E-state index in [1.165, 1.54) is 19.3 Å². The van der Waals surface area contributed by atoms with Gasteiger partial charge in [0.25, 0.3) is 0 Å². The van der Waals surface area contributed by atoms with Crippen LogP contribution in [0.15, 0.2) is 30.5 Å². The molecule has 6 heteroatoms. The molecule has 4 rings (SSSR count). The summed E-state index contributed by atoms with van der Waals surface area (Å²) in [5.41, 5.74) is 8.30. The van der Waals surface area contributed by atoms with E-state index in [1.807, 2.05) is 35.0 Å². The number of hydrogen-bond donors (Lipinski definition) is 1. The van der Waals surface area contributed by atoms with Crippen LogP contribution in [0.4, 0.5) is 0 Å². The zero-order chi connectivity index (χ0) is 15.2. The van der Waals surface area contributed by atoms with Crippen LogP contribution in [0, 0.1) is 0 Å². The van der Waals surface area contributed by atoms with Gasteiger partial charge >= 0.3 is 0 Å². The topological polar surface area (TPSA) is 56.2 Å². The monoisotopic (exact) mass is 332 g/mol. The second-order valence-electron chi connectivity index (χ2n) is 5.97. The van der Waals surface area contributed by atoms with E-state index in [2.05, 4.69) is 4.98 Å². The van der Waals surface area contributed by atoms with Gasteiger partial charge in [0.2, 0.25) is 4.96 Å². The second-order valence-corrected chi connectivity index (χ2v) is 7.36. The van der Waals surface area contributed by atoms with Crippen molar-refractivity contribution >= 4 is 27.9 Å². The third kappa shape index (κ3) is 2.33. The Morgan fingerprint density at radius 3 is 2.82 bits per heavy atom. The first-order valence-electron chi connectivity index (χ1n) is 7.56. The molecule has 2 aromatic heterocycles. The Kier molecular flexibility index (Phi) is 3.44. The zero-order valence-corrected chi connectivity index (χ0v) is 13.7. The van der Waals surface area contributed by atoms with Gasteiger partial charge in [-0.25, -0.2) is 9.50 Å². The molecule has 3 aromatic rings. The van der Waals surface area contributed by atoms with E-state index in [9.17, 15) is 0 Å². The molecule has 1 aliphatic rings. The first-order chi connectivity index (χ1) is 10.7. The molecule has 2 heterocycles. The highest BCUT2D eigenvalue weighted by molar-refractivity contribution is 7.16. The number of rotatable bonds is 2. The summed E-state index contributed by atoms with van der Waals surface area (Å²) in [6.45, 7) is 0. The maximum atomic E-state index is 6.60. The molecule has 4 nitrogen and oxygen atoms in total. The van der Waals surface area contributed by atoms with Crippen LogP contribution in [-0.2, 0) is 5.54 Å². The molecule has 0 aliphatic heterocycles. The van der Waals surface area contributed by atoms with Gasteiger partial charge in [0.05, 0.1) is 17.4 Å². The highest BCUT2D eigenvalue weighted by atomic mass is 35.5. The summed E-state index contributed by atoms with van der Waals surface area (Å²) in [5, 5.41) is 6.49. The minimum Gasteiger partial charge on any atom is -0.319 e. The molecule has 1 saturated carbocycles. The van der Waals surface area contributed by atoms with Crippen LogP contribution in [0.1, 0.15) is 37.1 Å². The van der Waals surface area contributed by atoms with Gasteiger partial charge in [-0.05, 0) is 25.0 Å². The number of fused-ring (bicyclic) bond motifs is 1. The lowest BCUT2D eigenvalue weighted by atomic mass is 9.83. The van der Waals surface area contributed by atoms with Crippen molar-refractivity contribution in [3.8, 4) is 11.3 Å². The lowest BCUT2D eigenvalue weighted by Gasteiger charge is -2.30. The number of nitrogens with two attached hydrogens (primary N) is 1. The predicted molar refractivity (Wildman–Crippen MR) is 90.3 cm³/mol. The number of benzene rings is 1. The Morgan fingerprint density at radius 2 is 2.05 bits per heavy atom. The van der Waals surface area contributed by atoms with E-state index in [0.29, 0.717) is 5.02 Å². The van der Waals surface area contributed by atoms with Crippen LogP contribution in [-0.4, -0.2) is 14.6 Å². The van der Waals surface area contributed by atoms with Crippen molar-refractivity contribution in [1.82, 2.24) is 14.6 Å². The van der Waals surface area contributed by atoms with E-state index in [-0.39, 0.29) is 5.54 Å². The molecule has 0 bridgehead atoms. The van der Waals surface area contributed by atoms with Crippen molar-refractivity contribution in [2.24, 2.45) is 5.73 Å². The Labute approximate surface area is 137 Å². The van der Waals surface area contributed by atoms with Crippen molar-refractivity contribution in [2.45, 2.75) is 37.6 Å². The van der Waals surface area contributed by atoms with Gasteiger partial charge in [-0.1, -0.05) is 54.3 Å². The summed E-state index contributed by atoms with van der Waals surface area (Å²) in [5.74, 6) is 0. The molecule has 1 aliphatic carbocycles. The smallest absolute Gasteiger partial charge is 0.212 e. The molecule has 0 saturated heterocycles. The van der Waals surface area contributed by atoms with Gasteiger partial charge < -0.3 is 5.73 Å². The summed E-state index contributed by atoms with van der Waals surface area (Å²) >= 11 is 7.70. The van der Waals surface area contributed by atoms with E-state index >= 15 is 0 Å². The fourth-order valence-electron chi connectivity index (χ4n) is 3.14. The number of halogens is 1. The van der Waals surface area contributed by atoms with Crippen LogP contribution < -0.4 is 5.73 Å². The number of imidazole rings is 1. The molecule has 1 aromatic carbocycles. The molecule has 22 heavy (non-hydrogen) atoms. The molecule has 0 amide bonds. The minimum absolute atomic E-state index is 0.283. The number of aromatic nitrogens is 3. The summed E-state index contributed by atoms with van der Waals surface area (Å²) in [4.78, 5) is 5.38. The second kappa shape index (κ2) is 5.33. The summed E-state index contributed by atoms with van der Waals surface area (Å²) in [6.07, 6.45) is 7.50. The Balaban J connectivity index is 1.79. The SMILES string of the molecule is NC1(c2nn3c(-c4cccc(Cl)c4)cnc3s2)CCCCC1. The molecular formula is C16H17ClN4S. The van der Waals surface area contributed by atoms with Gasteiger partial charge in [0.1, 0.15) is 5.01 Å². The third-order valence-electron chi connectivity index (χ3n) is 4.38. The largest absolute Gasteiger partial charge is 0.319 e. The molecule has 1 fully saturated rings. The average Bonchev–Trinajstić information content (AvgIpc) is 3.08. The van der Waals surface area contributed by atoms with Crippen LogP contribution in [0.2, 0.25) is 5.02 Å². The van der Waals surface area contributed by atoms with Crippen LogP contribution in [0.25, 0.3) is 16.2 Å². The van der Waals surface area contributed by atoms with Crippen molar-refractivity contribution < 1.29 is 0 Å². The quantitative estimate of drug-likeness (QED) is 0.764. The Bertz CT molecular complexity index is 817. The van der Waals surface area contributed by atoms with Crippen molar-refractivity contribution in [3.63, 3.8) is 0 Å². The van der Waals surface area contributed by atoms with Gasteiger partial charge in [-0.3, -0.25) is 0 Å². The lowest BCUT2D eigenvalue weighted by Crippen LogP contribution is -2.38. The fraction of sp³-hybridized carbons (Fsp3) is 0.375. The van der Waals surface area contributed by atoms with Gasteiger partial charge in [0.15, 0.2) is 0 Å². The van der Waals surface area contributed by atoms with Crippen LogP contribution in [0.3, 0.4) is 0 Å². The van der Waals surface area contributed by atoms with E-state index in [1.54, 1.807) is 11.3 Å². The molecule has 0 radical (unpaired) electrons. The minimum atomic E-state index is -0.283. The molecule has 0 spiro atoms. The third-order valence-corrected chi connectivity index (χ3v) is 5.76. The van der Waals surface area contributed by atoms with Gasteiger partial charge in [-0.15, -0.1) is 0 Å². The standard InChI is InChI=1S/C16H17ClN4S/c17-12-6-4-5-11(9-12)13-10-19-15-21(13)20-14(22-15)16(18)7-2-1-3-8-16/h4-6,9-10H,1-3,7-8,18H2. The highest BCUT2D eigenvalue weighted by Gasteiger charge is 2.33. The lowest BCUT2D eigenvalue weighted by molar-refractivity contribution is 0.299. The predicted octanol–water partition coefficient (Wildman–Crippen LogP) is 4.23. The normalized spacial score (nSPS) is 17.9. The van der Waals surface area contributed by atoms with Crippen molar-refractivity contribution in [1.29, 1.82) is 0 Å². The zero-order valence-electron chi connectivity index (χ0n) is 12.1. The summed E-state index contributed by atoms with van der Waals surface area (Å²) in [6, 6.07) is 7.76. The van der Waals surface area contributed by atoms with Gasteiger partial charge in [0, 0.05) is 10.6 Å². The average molecular weight is 333 g/mol. The fourth-order valence-corrected chi connectivity index (χ4v) is 4.36. The molecule has 0 unspecified atom stereocenters. The highest BCUT2D eigenvalue weighted by Crippen LogP contribution is 2.37. The van der Waals surface area contributed by atoms with E-state index in [0.717, 1.165) is 34.1 Å². The van der Waals surface area contributed by atoms with Crippen LogP contribution >= 0.6 is 22.9 Å². The molecule has 0 atom stereocenters. The first-order valence-corrected chi connectivity index (χ1v) is 8.75. The van der Waals surface area contributed by atoms with Gasteiger partial charge in [-0.2, -0.15) is 5.10 Å². The Hall–Kier alpha value is -1.43. The maximum absolute atomic E-state index is 6.60. The molecule has 114 valence electrons. The van der Waals surface area contributed by atoms with Crippen LogP contribution in [0.5, 0.6) is 0 Å². The Morgan fingerprint density at radius 1 is 1.23 bits per heavy atom. The first kappa shape index (κ1) is 14.2. The van der Waals surface area contributed by atoms with E-state index < -0.39 is 0 Å². The maximum Gasteiger partial charge on any atom is 0.212 e. The van der Waals surface area contributed by atoms with Crippen molar-refractivity contribution in [2.75, 3.05) is 0 Å². The number of nitrogens with zero attached hydrogens (tertiary/aromatic N) is 3. The molecule has 2 N–H and O–H groups in total.